The van der Waals surface area contributed by atoms with Crippen molar-refractivity contribution in [3.05, 3.63) is 28.7 Å². The highest BCUT2D eigenvalue weighted by molar-refractivity contribution is 9.10. The maximum absolute atomic E-state index is 11.8. The largest absolute Gasteiger partial charge is 0.366 e. The van der Waals surface area contributed by atoms with Crippen LogP contribution in [0.15, 0.2) is 33.7 Å². The minimum Gasteiger partial charge on any atom is -0.366 e. The number of amidine groups is 1. The van der Waals surface area contributed by atoms with Gasteiger partial charge in [-0.3, -0.25) is 9.79 Å². The molecule has 84 valence electrons. The third-order valence-corrected chi connectivity index (χ3v) is 2.69. The molecule has 0 aromatic heterocycles. The topological polar surface area (TPSA) is 53.5 Å². The summed E-state index contributed by atoms with van der Waals surface area (Å²) >= 11 is 3.35. The number of amides is 1. The van der Waals surface area contributed by atoms with Crippen LogP contribution in [0.25, 0.3) is 0 Å². The first-order chi connectivity index (χ1) is 7.75. The maximum atomic E-state index is 11.8. The van der Waals surface area contributed by atoms with Crippen molar-refractivity contribution in [1.82, 2.24) is 5.32 Å². The highest BCUT2D eigenvalue weighted by Gasteiger charge is 2.13. The van der Waals surface area contributed by atoms with E-state index in [1.807, 2.05) is 24.3 Å². The lowest BCUT2D eigenvalue weighted by Crippen LogP contribution is -2.39. The van der Waals surface area contributed by atoms with Crippen LogP contribution in [-0.4, -0.2) is 24.8 Å². The minimum absolute atomic E-state index is 0.183. The molecular formula is C11H12BrN3O. The summed E-state index contributed by atoms with van der Waals surface area (Å²) in [5, 5.41) is 5.77. The molecule has 1 aromatic rings. The average molecular weight is 282 g/mol. The fourth-order valence-electron chi connectivity index (χ4n) is 1.44. The fourth-order valence-corrected chi connectivity index (χ4v) is 1.84. The molecule has 1 amide bonds. The summed E-state index contributed by atoms with van der Waals surface area (Å²) in [4.78, 5) is 15.9. The number of halogens is 1. The summed E-state index contributed by atoms with van der Waals surface area (Å²) in [5.41, 5.74) is 0.759. The van der Waals surface area contributed by atoms with Crippen LogP contribution in [0.3, 0.4) is 0 Å². The van der Waals surface area contributed by atoms with E-state index in [0.29, 0.717) is 12.4 Å². The van der Waals surface area contributed by atoms with Gasteiger partial charge < -0.3 is 10.6 Å². The van der Waals surface area contributed by atoms with Gasteiger partial charge in [0.05, 0.1) is 0 Å². The van der Waals surface area contributed by atoms with Crippen molar-refractivity contribution in [2.75, 3.05) is 18.4 Å². The quantitative estimate of drug-likeness (QED) is 0.868. The van der Waals surface area contributed by atoms with E-state index in [9.17, 15) is 4.79 Å². The Kier molecular flexibility index (Phi) is 3.56. The van der Waals surface area contributed by atoms with E-state index in [2.05, 4.69) is 31.6 Å². The molecule has 4 nitrogen and oxygen atoms in total. The van der Waals surface area contributed by atoms with E-state index in [0.717, 1.165) is 23.1 Å². The molecule has 0 saturated carbocycles. The highest BCUT2D eigenvalue weighted by Crippen LogP contribution is 2.15. The molecule has 0 unspecified atom stereocenters. The van der Waals surface area contributed by atoms with Crippen LogP contribution in [0, 0.1) is 0 Å². The number of nitrogens with one attached hydrogen (secondary N) is 2. The number of rotatable bonds is 2. The zero-order chi connectivity index (χ0) is 11.4. The van der Waals surface area contributed by atoms with Gasteiger partial charge in [0.15, 0.2) is 5.84 Å². The van der Waals surface area contributed by atoms with Gasteiger partial charge in [-0.1, -0.05) is 22.0 Å². The molecule has 0 fully saturated rings. The highest BCUT2D eigenvalue weighted by atomic mass is 79.9. The Balaban J connectivity index is 2.04. The fraction of sp³-hybridized carbons (Fsp3) is 0.273. The van der Waals surface area contributed by atoms with E-state index in [-0.39, 0.29) is 5.91 Å². The van der Waals surface area contributed by atoms with Gasteiger partial charge in [0, 0.05) is 23.2 Å². The number of anilines is 1. The molecule has 2 rings (SSSR count). The lowest BCUT2D eigenvalue weighted by molar-refractivity contribution is -0.110. The molecular weight excluding hydrogens is 270 g/mol. The molecule has 0 aliphatic carbocycles. The van der Waals surface area contributed by atoms with Crippen molar-refractivity contribution in [3.8, 4) is 0 Å². The van der Waals surface area contributed by atoms with Crippen LogP contribution < -0.4 is 10.6 Å². The Morgan fingerprint density at radius 2 is 2.38 bits per heavy atom. The molecule has 0 atom stereocenters. The van der Waals surface area contributed by atoms with Crippen LogP contribution in [0.4, 0.5) is 5.69 Å². The molecule has 0 spiro atoms. The lowest BCUT2D eigenvalue weighted by Gasteiger charge is -2.14. The molecule has 2 N–H and O–H groups in total. The third-order valence-electron chi connectivity index (χ3n) is 2.19. The van der Waals surface area contributed by atoms with Gasteiger partial charge in [-0.05, 0) is 24.6 Å². The average Bonchev–Trinajstić information content (AvgIpc) is 2.30. The van der Waals surface area contributed by atoms with Crippen LogP contribution in [0.1, 0.15) is 6.42 Å². The van der Waals surface area contributed by atoms with Crippen LogP contribution >= 0.6 is 15.9 Å². The number of aliphatic imine (C=N–C) groups is 1. The van der Waals surface area contributed by atoms with E-state index in [1.165, 1.54) is 0 Å². The number of carbonyl (C=O) groups excluding carboxylic acids is 1. The van der Waals surface area contributed by atoms with Gasteiger partial charge in [-0.15, -0.1) is 0 Å². The molecule has 0 radical (unpaired) electrons. The molecule has 1 heterocycles. The SMILES string of the molecule is O=C(Nc1cccc(Br)c1)C1=NCCCN1. The summed E-state index contributed by atoms with van der Waals surface area (Å²) in [6.45, 7) is 1.53. The standard InChI is InChI=1S/C11H12BrN3O/c12-8-3-1-4-9(7-8)15-11(16)10-13-5-2-6-14-10/h1,3-4,7H,2,5-6H2,(H,13,14)(H,15,16). The summed E-state index contributed by atoms with van der Waals surface area (Å²) in [5.74, 6) is 0.240. The maximum Gasteiger partial charge on any atom is 0.290 e. The Morgan fingerprint density at radius 3 is 3.06 bits per heavy atom. The zero-order valence-corrected chi connectivity index (χ0v) is 10.3. The van der Waals surface area contributed by atoms with E-state index < -0.39 is 0 Å². The zero-order valence-electron chi connectivity index (χ0n) is 8.66. The van der Waals surface area contributed by atoms with Gasteiger partial charge in [0.2, 0.25) is 0 Å². The number of carbonyl (C=O) groups is 1. The molecule has 1 aliphatic heterocycles. The Hall–Kier alpha value is -1.36. The van der Waals surface area contributed by atoms with Crippen LogP contribution in [0.5, 0.6) is 0 Å². The molecule has 0 saturated heterocycles. The van der Waals surface area contributed by atoms with Gasteiger partial charge in [-0.25, -0.2) is 0 Å². The Morgan fingerprint density at radius 1 is 1.50 bits per heavy atom. The monoisotopic (exact) mass is 281 g/mol. The second-order valence-corrected chi connectivity index (χ2v) is 4.39. The third kappa shape index (κ3) is 2.82. The smallest absolute Gasteiger partial charge is 0.290 e. The summed E-state index contributed by atoms with van der Waals surface area (Å²) < 4.78 is 0.934. The van der Waals surface area contributed by atoms with Gasteiger partial charge in [-0.2, -0.15) is 0 Å². The van der Waals surface area contributed by atoms with Crippen LogP contribution in [-0.2, 0) is 4.79 Å². The summed E-state index contributed by atoms with van der Waals surface area (Å²) in [6.07, 6.45) is 0.980. The number of hydrogen-bond acceptors (Lipinski definition) is 3. The van der Waals surface area contributed by atoms with E-state index in [1.54, 1.807) is 0 Å². The lowest BCUT2D eigenvalue weighted by atomic mass is 10.3. The van der Waals surface area contributed by atoms with Gasteiger partial charge in [0.25, 0.3) is 5.91 Å². The molecule has 16 heavy (non-hydrogen) atoms. The minimum atomic E-state index is -0.183. The second kappa shape index (κ2) is 5.12. The second-order valence-electron chi connectivity index (χ2n) is 3.48. The first-order valence-corrected chi connectivity index (χ1v) is 5.90. The summed E-state index contributed by atoms with van der Waals surface area (Å²) in [6, 6.07) is 7.47. The van der Waals surface area contributed by atoms with Gasteiger partial charge in [0.1, 0.15) is 0 Å². The first kappa shape index (κ1) is 11.1. The predicted octanol–water partition coefficient (Wildman–Crippen LogP) is 1.78. The van der Waals surface area contributed by atoms with Crippen LogP contribution in [0.2, 0.25) is 0 Å². The van der Waals surface area contributed by atoms with Crippen molar-refractivity contribution in [3.63, 3.8) is 0 Å². The normalized spacial score (nSPS) is 14.9. The van der Waals surface area contributed by atoms with Crippen molar-refractivity contribution in [2.24, 2.45) is 4.99 Å². The Bertz CT molecular complexity index is 431. The van der Waals surface area contributed by atoms with Crippen molar-refractivity contribution in [2.45, 2.75) is 6.42 Å². The van der Waals surface area contributed by atoms with Crippen molar-refractivity contribution >= 4 is 33.4 Å². The number of hydrogen-bond donors (Lipinski definition) is 2. The first-order valence-electron chi connectivity index (χ1n) is 5.11. The number of benzene rings is 1. The van der Waals surface area contributed by atoms with Gasteiger partial charge >= 0.3 is 0 Å². The summed E-state index contributed by atoms with van der Waals surface area (Å²) in [7, 11) is 0. The van der Waals surface area contributed by atoms with Crippen molar-refractivity contribution in [1.29, 1.82) is 0 Å². The molecule has 0 bridgehead atoms. The molecule has 5 heteroatoms. The Labute approximate surface area is 102 Å². The molecule has 1 aromatic carbocycles. The van der Waals surface area contributed by atoms with E-state index in [4.69, 9.17) is 0 Å². The van der Waals surface area contributed by atoms with Crippen molar-refractivity contribution < 1.29 is 4.79 Å². The van der Waals surface area contributed by atoms with E-state index >= 15 is 0 Å². The molecule has 1 aliphatic rings. The number of nitrogens with zero attached hydrogens (tertiary/aromatic N) is 1. The predicted molar refractivity (Wildman–Crippen MR) is 67.7 cm³/mol.